The summed E-state index contributed by atoms with van der Waals surface area (Å²) in [5, 5.41) is 7.73. The SMILES string of the molecule is CCCCN(CC)CCNc1ncnc2onc(-c3cc(F)cc(F)c3)c12. The zero-order valence-electron chi connectivity index (χ0n) is 15.5. The number of unbranched alkanes of at least 4 members (excludes halogenated alkanes) is 1. The Bertz CT molecular complexity index is 879. The van der Waals surface area contributed by atoms with Crippen molar-refractivity contribution in [2.75, 3.05) is 31.5 Å². The van der Waals surface area contributed by atoms with Crippen LogP contribution in [0.1, 0.15) is 26.7 Å². The minimum absolute atomic E-state index is 0.269. The molecular weight excluding hydrogens is 352 g/mol. The number of benzene rings is 1. The van der Waals surface area contributed by atoms with Crippen LogP contribution in [0.5, 0.6) is 0 Å². The molecule has 0 atom stereocenters. The van der Waals surface area contributed by atoms with Gasteiger partial charge in [-0.25, -0.2) is 13.8 Å². The van der Waals surface area contributed by atoms with Gasteiger partial charge in [0.05, 0.1) is 0 Å². The molecule has 0 unspecified atom stereocenters. The van der Waals surface area contributed by atoms with Crippen molar-refractivity contribution in [3.63, 3.8) is 0 Å². The molecule has 0 fully saturated rings. The van der Waals surface area contributed by atoms with E-state index >= 15 is 0 Å². The first-order valence-corrected chi connectivity index (χ1v) is 9.15. The van der Waals surface area contributed by atoms with Gasteiger partial charge in [-0.05, 0) is 31.6 Å². The summed E-state index contributed by atoms with van der Waals surface area (Å²) in [6, 6.07) is 3.23. The second-order valence-corrected chi connectivity index (χ2v) is 6.31. The number of nitrogens with one attached hydrogen (secondary N) is 1. The van der Waals surface area contributed by atoms with E-state index in [0.717, 1.165) is 38.5 Å². The summed E-state index contributed by atoms with van der Waals surface area (Å²) in [7, 11) is 0. The molecule has 0 bridgehead atoms. The van der Waals surface area contributed by atoms with Crippen LogP contribution in [0, 0.1) is 11.6 Å². The van der Waals surface area contributed by atoms with Gasteiger partial charge in [-0.2, -0.15) is 4.98 Å². The topological polar surface area (TPSA) is 67.1 Å². The van der Waals surface area contributed by atoms with Crippen molar-refractivity contribution in [1.29, 1.82) is 0 Å². The number of likely N-dealkylation sites (N-methyl/N-ethyl adjacent to an activating group) is 1. The summed E-state index contributed by atoms with van der Waals surface area (Å²) in [5.41, 5.74) is 0.859. The molecule has 0 amide bonds. The van der Waals surface area contributed by atoms with Crippen LogP contribution < -0.4 is 5.32 Å². The summed E-state index contributed by atoms with van der Waals surface area (Å²) < 4.78 is 32.4. The van der Waals surface area contributed by atoms with Crippen LogP contribution in [-0.4, -0.2) is 46.2 Å². The lowest BCUT2D eigenvalue weighted by molar-refractivity contribution is 0.294. The Labute approximate surface area is 156 Å². The standard InChI is InChI=1S/C19H23F2N5O/c1-3-5-7-26(4-2)8-6-22-18-16-17(25-27-19(16)24-12-23-18)13-9-14(20)11-15(21)10-13/h9-12H,3-8H2,1-2H3,(H,22,23,24). The maximum absolute atomic E-state index is 13.6. The van der Waals surface area contributed by atoms with Gasteiger partial charge in [0.15, 0.2) is 0 Å². The molecule has 27 heavy (non-hydrogen) atoms. The number of halogens is 2. The molecule has 144 valence electrons. The van der Waals surface area contributed by atoms with E-state index in [4.69, 9.17) is 4.52 Å². The number of aromatic nitrogens is 3. The molecule has 0 saturated heterocycles. The van der Waals surface area contributed by atoms with Crippen LogP contribution >= 0.6 is 0 Å². The Morgan fingerprint density at radius 1 is 1.07 bits per heavy atom. The van der Waals surface area contributed by atoms with Crippen LogP contribution in [0.2, 0.25) is 0 Å². The third kappa shape index (κ3) is 4.57. The number of hydrogen-bond acceptors (Lipinski definition) is 6. The molecule has 2 aromatic heterocycles. The molecule has 0 aliphatic carbocycles. The minimum Gasteiger partial charge on any atom is -0.368 e. The molecule has 0 spiro atoms. The van der Waals surface area contributed by atoms with Gasteiger partial charge in [-0.15, -0.1) is 0 Å². The largest absolute Gasteiger partial charge is 0.368 e. The number of nitrogens with zero attached hydrogens (tertiary/aromatic N) is 4. The summed E-state index contributed by atoms with van der Waals surface area (Å²) in [6.07, 6.45) is 3.69. The molecule has 3 aromatic rings. The minimum atomic E-state index is -0.679. The average Bonchev–Trinajstić information content (AvgIpc) is 3.08. The first kappa shape index (κ1) is 19.2. The van der Waals surface area contributed by atoms with Crippen molar-refractivity contribution >= 4 is 16.9 Å². The Morgan fingerprint density at radius 2 is 1.85 bits per heavy atom. The highest BCUT2D eigenvalue weighted by molar-refractivity contribution is 5.97. The van der Waals surface area contributed by atoms with Gasteiger partial charge >= 0.3 is 0 Å². The normalized spacial score (nSPS) is 11.4. The average molecular weight is 375 g/mol. The van der Waals surface area contributed by atoms with Crippen molar-refractivity contribution in [3.05, 3.63) is 36.2 Å². The van der Waals surface area contributed by atoms with Gasteiger partial charge in [0.1, 0.15) is 34.9 Å². The Kier molecular flexibility index (Phi) is 6.28. The van der Waals surface area contributed by atoms with E-state index in [9.17, 15) is 8.78 Å². The molecule has 1 aromatic carbocycles. The van der Waals surface area contributed by atoms with Crippen molar-refractivity contribution < 1.29 is 13.3 Å². The molecule has 2 heterocycles. The monoisotopic (exact) mass is 375 g/mol. The maximum Gasteiger partial charge on any atom is 0.263 e. The Balaban J connectivity index is 1.83. The molecule has 8 heteroatoms. The highest BCUT2D eigenvalue weighted by Gasteiger charge is 2.18. The van der Waals surface area contributed by atoms with Gasteiger partial charge in [0.2, 0.25) is 0 Å². The predicted octanol–water partition coefficient (Wildman–Crippen LogP) is 4.10. The lowest BCUT2D eigenvalue weighted by Crippen LogP contribution is -2.30. The summed E-state index contributed by atoms with van der Waals surface area (Å²) >= 11 is 0. The second kappa shape index (κ2) is 8.85. The van der Waals surface area contributed by atoms with Crippen LogP contribution in [0.15, 0.2) is 29.0 Å². The number of hydrogen-bond donors (Lipinski definition) is 1. The summed E-state index contributed by atoms with van der Waals surface area (Å²) in [4.78, 5) is 10.7. The van der Waals surface area contributed by atoms with Gasteiger partial charge < -0.3 is 14.7 Å². The van der Waals surface area contributed by atoms with E-state index in [-0.39, 0.29) is 11.3 Å². The van der Waals surface area contributed by atoms with Crippen LogP contribution in [-0.2, 0) is 0 Å². The van der Waals surface area contributed by atoms with Gasteiger partial charge in [-0.1, -0.05) is 25.4 Å². The van der Waals surface area contributed by atoms with Crippen molar-refractivity contribution in [1.82, 2.24) is 20.0 Å². The quantitative estimate of drug-likeness (QED) is 0.607. The highest BCUT2D eigenvalue weighted by atomic mass is 19.1. The van der Waals surface area contributed by atoms with E-state index in [1.807, 2.05) is 0 Å². The predicted molar refractivity (Wildman–Crippen MR) is 100 cm³/mol. The Morgan fingerprint density at radius 3 is 2.56 bits per heavy atom. The maximum atomic E-state index is 13.6. The first-order chi connectivity index (χ1) is 13.1. The molecule has 3 rings (SSSR count). The molecule has 0 aliphatic heterocycles. The van der Waals surface area contributed by atoms with E-state index < -0.39 is 11.6 Å². The Hall–Kier alpha value is -2.61. The van der Waals surface area contributed by atoms with Gasteiger partial charge in [0.25, 0.3) is 5.71 Å². The zero-order valence-corrected chi connectivity index (χ0v) is 15.5. The second-order valence-electron chi connectivity index (χ2n) is 6.31. The summed E-state index contributed by atoms with van der Waals surface area (Å²) in [5.74, 6) is -0.823. The van der Waals surface area contributed by atoms with Gasteiger partial charge in [0, 0.05) is 24.7 Å². The van der Waals surface area contributed by atoms with E-state index in [0.29, 0.717) is 23.4 Å². The molecule has 0 aliphatic rings. The number of fused-ring (bicyclic) bond motifs is 1. The van der Waals surface area contributed by atoms with E-state index in [1.165, 1.54) is 18.5 Å². The van der Waals surface area contributed by atoms with Gasteiger partial charge in [-0.3, -0.25) is 0 Å². The fourth-order valence-electron chi connectivity index (χ4n) is 2.95. The lowest BCUT2D eigenvalue weighted by Gasteiger charge is -2.20. The number of rotatable bonds is 9. The van der Waals surface area contributed by atoms with Crippen molar-refractivity contribution in [3.8, 4) is 11.3 Å². The third-order valence-electron chi connectivity index (χ3n) is 4.40. The fourth-order valence-corrected chi connectivity index (χ4v) is 2.95. The van der Waals surface area contributed by atoms with Crippen LogP contribution in [0.4, 0.5) is 14.6 Å². The van der Waals surface area contributed by atoms with E-state index in [1.54, 1.807) is 0 Å². The molecule has 0 saturated carbocycles. The van der Waals surface area contributed by atoms with Crippen LogP contribution in [0.3, 0.4) is 0 Å². The molecule has 1 N–H and O–H groups in total. The van der Waals surface area contributed by atoms with Crippen molar-refractivity contribution in [2.24, 2.45) is 0 Å². The van der Waals surface area contributed by atoms with E-state index in [2.05, 4.69) is 39.2 Å². The first-order valence-electron chi connectivity index (χ1n) is 9.15. The third-order valence-corrected chi connectivity index (χ3v) is 4.40. The number of anilines is 1. The molecule has 0 radical (unpaired) electrons. The van der Waals surface area contributed by atoms with Crippen molar-refractivity contribution in [2.45, 2.75) is 26.7 Å². The smallest absolute Gasteiger partial charge is 0.263 e. The molecular formula is C19H23F2N5O. The molecule has 6 nitrogen and oxygen atoms in total. The highest BCUT2D eigenvalue weighted by Crippen LogP contribution is 2.31. The fraction of sp³-hybridized carbons (Fsp3) is 0.421. The zero-order chi connectivity index (χ0) is 19.2. The summed E-state index contributed by atoms with van der Waals surface area (Å²) in [6.45, 7) is 7.86. The van der Waals surface area contributed by atoms with Crippen LogP contribution in [0.25, 0.3) is 22.4 Å². The lowest BCUT2D eigenvalue weighted by atomic mass is 10.1.